The van der Waals surface area contributed by atoms with Crippen LogP contribution >= 0.6 is 38.6 Å². The lowest BCUT2D eigenvalue weighted by Gasteiger charge is -2.02. The summed E-state index contributed by atoms with van der Waals surface area (Å²) in [4.78, 5) is 17.9. The molecule has 102 valence electrons. The number of thiophene rings is 2. The van der Waals surface area contributed by atoms with Gasteiger partial charge in [-0.1, -0.05) is 0 Å². The van der Waals surface area contributed by atoms with Gasteiger partial charge in [-0.3, -0.25) is 9.78 Å². The van der Waals surface area contributed by atoms with Crippen LogP contribution in [0.15, 0.2) is 34.4 Å². The Morgan fingerprint density at radius 3 is 2.90 bits per heavy atom. The van der Waals surface area contributed by atoms with Crippen molar-refractivity contribution in [3.05, 3.63) is 44.1 Å². The Morgan fingerprint density at radius 2 is 2.20 bits per heavy atom. The molecule has 0 bridgehead atoms. The number of nitrogens with two attached hydrogens (primary N) is 1. The fourth-order valence-corrected chi connectivity index (χ4v) is 4.26. The first-order valence-corrected chi connectivity index (χ1v) is 8.22. The highest BCUT2D eigenvalue weighted by Gasteiger charge is 2.16. The second kappa shape index (κ2) is 5.51. The predicted octanol–water partition coefficient (Wildman–Crippen LogP) is 3.63. The number of hydrogen-bond acceptors (Lipinski definition) is 5. The average Bonchev–Trinajstić information content (AvgIpc) is 3.01. The Morgan fingerprint density at radius 1 is 1.35 bits per heavy atom. The van der Waals surface area contributed by atoms with E-state index in [1.807, 2.05) is 18.2 Å². The zero-order chi connectivity index (χ0) is 14.1. The number of halogens is 1. The molecule has 3 heterocycles. The number of rotatable bonds is 3. The van der Waals surface area contributed by atoms with E-state index in [2.05, 4.69) is 26.2 Å². The van der Waals surface area contributed by atoms with Crippen molar-refractivity contribution in [3.63, 3.8) is 0 Å². The van der Waals surface area contributed by atoms with Crippen LogP contribution in [-0.4, -0.2) is 10.9 Å². The highest BCUT2D eigenvalue weighted by Crippen LogP contribution is 2.32. The SMILES string of the molecule is Nc1c(C(=O)NCc2ccc(Br)s2)sc2cnccc12. The highest BCUT2D eigenvalue weighted by atomic mass is 79.9. The summed E-state index contributed by atoms with van der Waals surface area (Å²) in [5.41, 5.74) is 6.56. The number of nitrogens with zero attached hydrogens (tertiary/aromatic N) is 1. The first-order valence-electron chi connectivity index (χ1n) is 5.79. The Labute approximate surface area is 131 Å². The van der Waals surface area contributed by atoms with E-state index >= 15 is 0 Å². The van der Waals surface area contributed by atoms with Crippen molar-refractivity contribution >= 4 is 60.3 Å². The fourth-order valence-electron chi connectivity index (χ4n) is 1.83. The number of aromatic nitrogens is 1. The maximum atomic E-state index is 12.2. The molecule has 0 atom stereocenters. The highest BCUT2D eigenvalue weighted by molar-refractivity contribution is 9.11. The molecule has 3 aromatic rings. The Hall–Kier alpha value is -1.44. The first-order chi connectivity index (χ1) is 9.65. The third-order valence-electron chi connectivity index (χ3n) is 2.79. The van der Waals surface area contributed by atoms with Gasteiger partial charge in [0.15, 0.2) is 0 Å². The minimum absolute atomic E-state index is 0.145. The summed E-state index contributed by atoms with van der Waals surface area (Å²) >= 11 is 6.37. The number of nitrogen functional groups attached to an aromatic ring is 1. The van der Waals surface area contributed by atoms with Gasteiger partial charge in [0.25, 0.3) is 5.91 Å². The normalized spacial score (nSPS) is 10.8. The molecule has 3 aromatic heterocycles. The lowest BCUT2D eigenvalue weighted by atomic mass is 10.2. The van der Waals surface area contributed by atoms with Crippen LogP contribution in [0.3, 0.4) is 0 Å². The van der Waals surface area contributed by atoms with Crippen molar-refractivity contribution in [2.45, 2.75) is 6.54 Å². The monoisotopic (exact) mass is 367 g/mol. The summed E-state index contributed by atoms with van der Waals surface area (Å²) in [6, 6.07) is 5.77. The summed E-state index contributed by atoms with van der Waals surface area (Å²) in [5.74, 6) is -0.145. The molecule has 4 nitrogen and oxygen atoms in total. The van der Waals surface area contributed by atoms with Crippen molar-refractivity contribution in [2.75, 3.05) is 5.73 Å². The molecule has 0 saturated heterocycles. The van der Waals surface area contributed by atoms with Gasteiger partial charge >= 0.3 is 0 Å². The number of nitrogens with one attached hydrogen (secondary N) is 1. The maximum absolute atomic E-state index is 12.2. The molecule has 0 fully saturated rings. The van der Waals surface area contributed by atoms with Gasteiger partial charge in [-0.15, -0.1) is 22.7 Å². The number of carbonyl (C=O) groups is 1. The van der Waals surface area contributed by atoms with E-state index in [4.69, 9.17) is 5.73 Å². The molecule has 0 aromatic carbocycles. The number of pyridine rings is 1. The number of amides is 1. The molecule has 0 spiro atoms. The van der Waals surface area contributed by atoms with Gasteiger partial charge in [-0.05, 0) is 34.1 Å². The van der Waals surface area contributed by atoms with E-state index in [0.717, 1.165) is 18.7 Å². The summed E-state index contributed by atoms with van der Waals surface area (Å²) in [7, 11) is 0. The van der Waals surface area contributed by atoms with Crippen LogP contribution in [0.4, 0.5) is 5.69 Å². The zero-order valence-electron chi connectivity index (χ0n) is 10.2. The van der Waals surface area contributed by atoms with Gasteiger partial charge in [0.05, 0.1) is 20.7 Å². The van der Waals surface area contributed by atoms with Crippen LogP contribution in [0.2, 0.25) is 0 Å². The van der Waals surface area contributed by atoms with Crippen molar-refractivity contribution in [1.82, 2.24) is 10.3 Å². The van der Waals surface area contributed by atoms with Crippen molar-refractivity contribution < 1.29 is 4.79 Å². The Bertz CT molecular complexity index is 781. The van der Waals surface area contributed by atoms with E-state index in [9.17, 15) is 4.79 Å². The van der Waals surface area contributed by atoms with Crippen LogP contribution in [0.25, 0.3) is 10.1 Å². The number of anilines is 1. The van der Waals surface area contributed by atoms with Crippen molar-refractivity contribution in [1.29, 1.82) is 0 Å². The molecular weight excluding hydrogens is 358 g/mol. The summed E-state index contributed by atoms with van der Waals surface area (Å²) < 4.78 is 1.98. The molecule has 0 radical (unpaired) electrons. The smallest absolute Gasteiger partial charge is 0.263 e. The molecule has 7 heteroatoms. The molecule has 0 aliphatic carbocycles. The third kappa shape index (κ3) is 2.56. The summed E-state index contributed by atoms with van der Waals surface area (Å²) in [6.07, 6.45) is 3.40. The largest absolute Gasteiger partial charge is 0.397 e. The number of fused-ring (bicyclic) bond motifs is 1. The van der Waals surface area contributed by atoms with Gasteiger partial charge in [0.1, 0.15) is 4.88 Å². The second-order valence-corrected chi connectivity index (χ2v) is 7.70. The van der Waals surface area contributed by atoms with Crippen LogP contribution in [0.1, 0.15) is 14.5 Å². The average molecular weight is 368 g/mol. The van der Waals surface area contributed by atoms with E-state index in [0.29, 0.717) is 17.1 Å². The minimum atomic E-state index is -0.145. The van der Waals surface area contributed by atoms with E-state index in [-0.39, 0.29) is 5.91 Å². The molecule has 0 unspecified atom stereocenters. The van der Waals surface area contributed by atoms with Crippen LogP contribution in [-0.2, 0) is 6.54 Å². The summed E-state index contributed by atoms with van der Waals surface area (Å²) in [6.45, 7) is 0.501. The molecular formula is C13H10BrN3OS2. The van der Waals surface area contributed by atoms with Crippen LogP contribution in [0.5, 0.6) is 0 Å². The molecule has 0 aliphatic rings. The van der Waals surface area contributed by atoms with Crippen molar-refractivity contribution in [3.8, 4) is 0 Å². The van der Waals surface area contributed by atoms with E-state index < -0.39 is 0 Å². The van der Waals surface area contributed by atoms with Gasteiger partial charge < -0.3 is 11.1 Å². The predicted molar refractivity (Wildman–Crippen MR) is 87.2 cm³/mol. The quantitative estimate of drug-likeness (QED) is 0.742. The van der Waals surface area contributed by atoms with Crippen LogP contribution < -0.4 is 11.1 Å². The fraction of sp³-hybridized carbons (Fsp3) is 0.0769. The van der Waals surface area contributed by atoms with E-state index in [1.54, 1.807) is 23.7 Å². The molecule has 3 N–H and O–H groups in total. The number of carbonyl (C=O) groups excluding carboxylic acids is 1. The molecule has 1 amide bonds. The Balaban J connectivity index is 1.80. The minimum Gasteiger partial charge on any atom is -0.397 e. The maximum Gasteiger partial charge on any atom is 0.263 e. The van der Waals surface area contributed by atoms with Crippen molar-refractivity contribution in [2.24, 2.45) is 0 Å². The topological polar surface area (TPSA) is 68.0 Å². The standard InChI is InChI=1S/C13H10BrN3OS2/c14-10-2-1-7(19-10)5-17-13(18)12-11(15)8-3-4-16-6-9(8)20-12/h1-4,6H,5,15H2,(H,17,18). The lowest BCUT2D eigenvalue weighted by Crippen LogP contribution is -2.22. The van der Waals surface area contributed by atoms with E-state index in [1.165, 1.54) is 11.3 Å². The molecule has 0 saturated carbocycles. The van der Waals surface area contributed by atoms with Gasteiger partial charge in [-0.25, -0.2) is 0 Å². The molecule has 0 aliphatic heterocycles. The van der Waals surface area contributed by atoms with Crippen LogP contribution in [0, 0.1) is 0 Å². The lowest BCUT2D eigenvalue weighted by molar-refractivity contribution is 0.0956. The van der Waals surface area contributed by atoms with Gasteiger partial charge in [-0.2, -0.15) is 0 Å². The molecule has 3 rings (SSSR count). The van der Waals surface area contributed by atoms with Gasteiger partial charge in [0, 0.05) is 22.7 Å². The zero-order valence-corrected chi connectivity index (χ0v) is 13.4. The third-order valence-corrected chi connectivity index (χ3v) is 5.57. The number of hydrogen-bond donors (Lipinski definition) is 2. The second-order valence-electron chi connectivity index (χ2n) is 4.11. The molecule has 20 heavy (non-hydrogen) atoms. The Kier molecular flexibility index (Phi) is 3.73. The summed E-state index contributed by atoms with van der Waals surface area (Å²) in [5, 5.41) is 3.77. The van der Waals surface area contributed by atoms with Gasteiger partial charge in [0.2, 0.25) is 0 Å². The first kappa shape index (κ1) is 13.5.